The van der Waals surface area contributed by atoms with Crippen molar-refractivity contribution in [2.45, 2.75) is 12.0 Å². The van der Waals surface area contributed by atoms with Gasteiger partial charge < -0.3 is 15.3 Å². The van der Waals surface area contributed by atoms with E-state index in [9.17, 15) is 5.11 Å². The molecule has 0 amide bonds. The molecule has 15 heavy (non-hydrogen) atoms. The van der Waals surface area contributed by atoms with Crippen molar-refractivity contribution in [3.05, 3.63) is 30.3 Å². The maximum atomic E-state index is 9.39. The van der Waals surface area contributed by atoms with Gasteiger partial charge in [-0.3, -0.25) is 0 Å². The molecule has 0 radical (unpaired) electrons. The molecule has 0 saturated carbocycles. The van der Waals surface area contributed by atoms with E-state index in [1.165, 1.54) is 5.69 Å². The summed E-state index contributed by atoms with van der Waals surface area (Å²) < 4.78 is 0. The van der Waals surface area contributed by atoms with Crippen LogP contribution in [0.3, 0.4) is 0 Å². The summed E-state index contributed by atoms with van der Waals surface area (Å²) in [5.74, 6) is 0. The highest BCUT2D eigenvalue weighted by atomic mass is 16.3. The second-order valence-corrected chi connectivity index (χ2v) is 4.20. The Bertz CT molecular complexity index is 309. The number of rotatable bonds is 3. The lowest BCUT2D eigenvalue weighted by molar-refractivity contribution is 0.184. The van der Waals surface area contributed by atoms with Crippen LogP contribution in [0.5, 0.6) is 0 Å². The molecule has 0 aliphatic carbocycles. The number of hydrogen-bond donors (Lipinski definition) is 2. The second-order valence-electron chi connectivity index (χ2n) is 4.20. The second kappa shape index (κ2) is 4.21. The van der Waals surface area contributed by atoms with Gasteiger partial charge in [0.15, 0.2) is 0 Å². The van der Waals surface area contributed by atoms with Gasteiger partial charge in [-0.15, -0.1) is 0 Å². The van der Waals surface area contributed by atoms with Crippen LogP contribution >= 0.6 is 0 Å². The molecule has 1 saturated heterocycles. The van der Waals surface area contributed by atoms with Crippen LogP contribution < -0.4 is 10.2 Å². The first-order valence-electron chi connectivity index (χ1n) is 5.39. The zero-order valence-electron chi connectivity index (χ0n) is 9.11. The van der Waals surface area contributed by atoms with Gasteiger partial charge in [0.1, 0.15) is 0 Å². The van der Waals surface area contributed by atoms with Crippen molar-refractivity contribution in [3.8, 4) is 0 Å². The Kier molecular flexibility index (Phi) is 2.93. The standard InChI is InChI=1S/C12H18N2O/c1-13-12(10-15)7-8-14(9-12)11-5-3-2-4-6-11/h2-6,13,15H,7-10H2,1H3. The lowest BCUT2D eigenvalue weighted by atomic mass is 10.0. The average molecular weight is 206 g/mol. The summed E-state index contributed by atoms with van der Waals surface area (Å²) in [5.41, 5.74) is 1.12. The van der Waals surface area contributed by atoms with E-state index in [1.54, 1.807) is 0 Å². The number of nitrogens with one attached hydrogen (secondary N) is 1. The minimum absolute atomic E-state index is 0.115. The molecule has 1 aromatic carbocycles. The van der Waals surface area contributed by atoms with Crippen molar-refractivity contribution in [2.75, 3.05) is 31.6 Å². The number of benzene rings is 1. The van der Waals surface area contributed by atoms with Gasteiger partial charge in [-0.25, -0.2) is 0 Å². The minimum Gasteiger partial charge on any atom is -0.394 e. The fraction of sp³-hybridized carbons (Fsp3) is 0.500. The van der Waals surface area contributed by atoms with Crippen LogP contribution in [0.4, 0.5) is 5.69 Å². The van der Waals surface area contributed by atoms with E-state index in [0.29, 0.717) is 0 Å². The lowest BCUT2D eigenvalue weighted by Crippen LogP contribution is -2.48. The highest BCUT2D eigenvalue weighted by molar-refractivity contribution is 5.48. The molecule has 1 unspecified atom stereocenters. The first-order chi connectivity index (χ1) is 7.29. The SMILES string of the molecule is CNC1(CO)CCN(c2ccccc2)C1. The van der Waals surface area contributed by atoms with Crippen molar-refractivity contribution < 1.29 is 5.11 Å². The van der Waals surface area contributed by atoms with Gasteiger partial charge >= 0.3 is 0 Å². The number of para-hydroxylation sites is 1. The maximum absolute atomic E-state index is 9.39. The van der Waals surface area contributed by atoms with Gasteiger partial charge in [0.05, 0.1) is 12.1 Å². The van der Waals surface area contributed by atoms with Gasteiger partial charge in [-0.05, 0) is 25.6 Å². The summed E-state index contributed by atoms with van der Waals surface area (Å²) in [7, 11) is 1.92. The maximum Gasteiger partial charge on any atom is 0.0631 e. The summed E-state index contributed by atoms with van der Waals surface area (Å²) in [4.78, 5) is 2.31. The summed E-state index contributed by atoms with van der Waals surface area (Å²) >= 11 is 0. The monoisotopic (exact) mass is 206 g/mol. The van der Waals surface area contributed by atoms with E-state index in [-0.39, 0.29) is 12.1 Å². The van der Waals surface area contributed by atoms with Crippen molar-refractivity contribution in [3.63, 3.8) is 0 Å². The van der Waals surface area contributed by atoms with Crippen LogP contribution in [-0.2, 0) is 0 Å². The number of nitrogens with zero attached hydrogens (tertiary/aromatic N) is 1. The number of aliphatic hydroxyl groups excluding tert-OH is 1. The zero-order valence-corrected chi connectivity index (χ0v) is 9.11. The van der Waals surface area contributed by atoms with Crippen molar-refractivity contribution in [2.24, 2.45) is 0 Å². The molecule has 1 aliphatic heterocycles. The predicted octanol–water partition coefficient (Wildman–Crippen LogP) is 0.847. The zero-order chi connectivity index (χ0) is 10.7. The highest BCUT2D eigenvalue weighted by Gasteiger charge is 2.36. The van der Waals surface area contributed by atoms with E-state index in [4.69, 9.17) is 0 Å². The Labute approximate surface area is 90.7 Å². The lowest BCUT2D eigenvalue weighted by Gasteiger charge is -2.27. The largest absolute Gasteiger partial charge is 0.394 e. The van der Waals surface area contributed by atoms with Crippen LogP contribution in [0, 0.1) is 0 Å². The van der Waals surface area contributed by atoms with Gasteiger partial charge in [0, 0.05) is 18.8 Å². The summed E-state index contributed by atoms with van der Waals surface area (Å²) in [6.07, 6.45) is 0.995. The van der Waals surface area contributed by atoms with Gasteiger partial charge in [0.25, 0.3) is 0 Å². The number of aliphatic hydroxyl groups is 1. The summed E-state index contributed by atoms with van der Waals surface area (Å²) in [5, 5.41) is 12.6. The molecule has 0 aromatic heterocycles. The third kappa shape index (κ3) is 1.98. The van der Waals surface area contributed by atoms with E-state index in [0.717, 1.165) is 19.5 Å². The molecule has 1 heterocycles. The molecule has 82 valence electrons. The van der Waals surface area contributed by atoms with E-state index >= 15 is 0 Å². The third-order valence-corrected chi connectivity index (χ3v) is 3.31. The van der Waals surface area contributed by atoms with E-state index < -0.39 is 0 Å². The normalized spacial score (nSPS) is 25.9. The fourth-order valence-electron chi connectivity index (χ4n) is 2.14. The van der Waals surface area contributed by atoms with Gasteiger partial charge in [-0.2, -0.15) is 0 Å². The summed E-state index contributed by atoms with van der Waals surface area (Å²) in [6.45, 7) is 2.09. The quantitative estimate of drug-likeness (QED) is 0.769. The minimum atomic E-state index is -0.115. The molecule has 2 N–H and O–H groups in total. The molecular weight excluding hydrogens is 188 g/mol. The molecule has 2 rings (SSSR count). The van der Waals surface area contributed by atoms with Gasteiger partial charge in [-0.1, -0.05) is 18.2 Å². The van der Waals surface area contributed by atoms with Crippen LogP contribution in [0.2, 0.25) is 0 Å². The first-order valence-corrected chi connectivity index (χ1v) is 5.39. The van der Waals surface area contributed by atoms with Crippen molar-refractivity contribution in [1.29, 1.82) is 0 Å². The van der Waals surface area contributed by atoms with Crippen LogP contribution in [0.1, 0.15) is 6.42 Å². The Morgan fingerprint density at radius 2 is 2.13 bits per heavy atom. The van der Waals surface area contributed by atoms with E-state index in [1.807, 2.05) is 25.2 Å². The number of anilines is 1. The first kappa shape index (κ1) is 10.5. The van der Waals surface area contributed by atoms with Gasteiger partial charge in [0.2, 0.25) is 0 Å². The molecular formula is C12H18N2O. The molecule has 1 aliphatic rings. The predicted molar refractivity (Wildman–Crippen MR) is 62.1 cm³/mol. The molecule has 0 spiro atoms. The highest BCUT2D eigenvalue weighted by Crippen LogP contribution is 2.25. The Morgan fingerprint density at radius 1 is 1.40 bits per heavy atom. The van der Waals surface area contributed by atoms with Crippen molar-refractivity contribution in [1.82, 2.24) is 5.32 Å². The smallest absolute Gasteiger partial charge is 0.0631 e. The molecule has 1 atom stereocenters. The molecule has 3 nitrogen and oxygen atoms in total. The van der Waals surface area contributed by atoms with Crippen LogP contribution in [0.25, 0.3) is 0 Å². The average Bonchev–Trinajstić information content (AvgIpc) is 2.75. The molecule has 1 fully saturated rings. The third-order valence-electron chi connectivity index (χ3n) is 3.31. The fourth-order valence-corrected chi connectivity index (χ4v) is 2.14. The topological polar surface area (TPSA) is 35.5 Å². The number of likely N-dealkylation sites (N-methyl/N-ethyl adjacent to an activating group) is 1. The van der Waals surface area contributed by atoms with E-state index in [2.05, 4.69) is 22.3 Å². The Balaban J connectivity index is 2.10. The van der Waals surface area contributed by atoms with Crippen molar-refractivity contribution >= 4 is 5.69 Å². The van der Waals surface area contributed by atoms with Crippen LogP contribution in [-0.4, -0.2) is 37.4 Å². The summed E-state index contributed by atoms with van der Waals surface area (Å²) in [6, 6.07) is 10.4. The Morgan fingerprint density at radius 3 is 2.67 bits per heavy atom. The van der Waals surface area contributed by atoms with Crippen LogP contribution in [0.15, 0.2) is 30.3 Å². The molecule has 1 aromatic rings. The number of hydrogen-bond acceptors (Lipinski definition) is 3. The molecule has 3 heteroatoms. The Hall–Kier alpha value is -1.06. The molecule has 0 bridgehead atoms.